The number of hydrogen-bond donors (Lipinski definition) is 2. The minimum Gasteiger partial charge on any atom is -0.384 e. The Labute approximate surface area is 159 Å². The fourth-order valence-electron chi connectivity index (χ4n) is 3.39. The lowest BCUT2D eigenvalue weighted by atomic mass is 9.79. The van der Waals surface area contributed by atoms with E-state index in [4.69, 9.17) is 4.74 Å². The zero-order chi connectivity index (χ0) is 17.7. The van der Waals surface area contributed by atoms with Gasteiger partial charge in [0.15, 0.2) is 0 Å². The molecule has 1 aromatic carbocycles. The molecule has 1 aromatic heterocycles. The number of aryl methyl sites for hydroxylation is 1. The molecule has 0 unspecified atom stereocenters. The lowest BCUT2D eigenvalue weighted by Gasteiger charge is -2.37. The summed E-state index contributed by atoms with van der Waals surface area (Å²) in [5.74, 6) is -0.0535. The van der Waals surface area contributed by atoms with Crippen LogP contribution in [0, 0.1) is 12.3 Å². The summed E-state index contributed by atoms with van der Waals surface area (Å²) in [5.41, 5.74) is 2.57. The van der Waals surface area contributed by atoms with Crippen molar-refractivity contribution < 1.29 is 9.53 Å². The summed E-state index contributed by atoms with van der Waals surface area (Å²) in [6.07, 6.45) is 5.15. The SMILES string of the molecule is COCC1(CNC(=O)c2ccc(-n3cncn3)c(C)c2)CCNCC1.Cl. The summed E-state index contributed by atoms with van der Waals surface area (Å²) in [6, 6.07) is 5.61. The van der Waals surface area contributed by atoms with E-state index in [1.54, 1.807) is 18.1 Å². The molecule has 2 heterocycles. The molecule has 0 bridgehead atoms. The molecule has 1 fully saturated rings. The minimum absolute atomic E-state index is 0. The van der Waals surface area contributed by atoms with Crippen LogP contribution in [0.4, 0.5) is 0 Å². The molecule has 0 saturated carbocycles. The second kappa shape index (κ2) is 9.12. The van der Waals surface area contributed by atoms with Gasteiger partial charge in [0, 0.05) is 24.6 Å². The first kappa shape index (κ1) is 20.4. The Balaban J connectivity index is 0.00000243. The molecule has 0 aliphatic carbocycles. The topological polar surface area (TPSA) is 81.1 Å². The standard InChI is InChI=1S/C18H25N5O2.ClH/c1-14-9-15(3-4-16(14)23-13-20-12-22-23)17(24)21-10-18(11-25-2)5-7-19-8-6-18;/h3-4,9,12-13,19H,5-8,10-11H2,1-2H3,(H,21,24);1H. The van der Waals surface area contributed by atoms with E-state index in [-0.39, 0.29) is 23.7 Å². The molecule has 1 aliphatic heterocycles. The number of amides is 1. The molecule has 1 saturated heterocycles. The van der Waals surface area contributed by atoms with E-state index in [2.05, 4.69) is 20.7 Å². The number of methoxy groups -OCH3 is 1. The summed E-state index contributed by atoms with van der Waals surface area (Å²) in [6.45, 7) is 5.19. The molecule has 3 rings (SSSR count). The van der Waals surface area contributed by atoms with Crippen LogP contribution in [0.2, 0.25) is 0 Å². The molecule has 0 atom stereocenters. The smallest absolute Gasteiger partial charge is 0.251 e. The van der Waals surface area contributed by atoms with Gasteiger partial charge in [-0.3, -0.25) is 4.79 Å². The second-order valence-corrected chi connectivity index (χ2v) is 6.71. The summed E-state index contributed by atoms with van der Waals surface area (Å²) >= 11 is 0. The zero-order valence-corrected chi connectivity index (χ0v) is 16.0. The lowest BCUT2D eigenvalue weighted by molar-refractivity contribution is 0.0511. The molecular formula is C18H26ClN5O2. The molecule has 2 aromatic rings. The molecule has 0 spiro atoms. The lowest BCUT2D eigenvalue weighted by Crippen LogP contribution is -2.47. The molecule has 1 aliphatic rings. The van der Waals surface area contributed by atoms with Crippen LogP contribution in [-0.2, 0) is 4.74 Å². The summed E-state index contributed by atoms with van der Waals surface area (Å²) in [5, 5.41) is 10.6. The van der Waals surface area contributed by atoms with Crippen molar-refractivity contribution in [1.29, 1.82) is 0 Å². The molecule has 26 heavy (non-hydrogen) atoms. The third kappa shape index (κ3) is 4.60. The average Bonchev–Trinajstić information content (AvgIpc) is 3.15. The Hall–Kier alpha value is -1.96. The third-order valence-electron chi connectivity index (χ3n) is 4.86. The number of ether oxygens (including phenoxy) is 1. The van der Waals surface area contributed by atoms with Gasteiger partial charge >= 0.3 is 0 Å². The van der Waals surface area contributed by atoms with Crippen molar-refractivity contribution in [2.24, 2.45) is 5.41 Å². The van der Waals surface area contributed by atoms with E-state index in [9.17, 15) is 4.79 Å². The van der Waals surface area contributed by atoms with E-state index in [1.807, 2.05) is 25.1 Å². The van der Waals surface area contributed by atoms with Crippen LogP contribution in [0.15, 0.2) is 30.9 Å². The van der Waals surface area contributed by atoms with Crippen LogP contribution in [0.1, 0.15) is 28.8 Å². The van der Waals surface area contributed by atoms with Crippen LogP contribution in [0.3, 0.4) is 0 Å². The van der Waals surface area contributed by atoms with Crippen LogP contribution < -0.4 is 10.6 Å². The number of benzene rings is 1. The first-order valence-electron chi connectivity index (χ1n) is 8.57. The van der Waals surface area contributed by atoms with Gasteiger partial charge in [-0.05, 0) is 56.6 Å². The van der Waals surface area contributed by atoms with Crippen molar-refractivity contribution in [3.05, 3.63) is 42.0 Å². The largest absolute Gasteiger partial charge is 0.384 e. The highest BCUT2D eigenvalue weighted by Gasteiger charge is 2.32. The fraction of sp³-hybridized carbons (Fsp3) is 0.500. The maximum atomic E-state index is 12.6. The average molecular weight is 380 g/mol. The Morgan fingerprint density at radius 1 is 1.38 bits per heavy atom. The predicted molar refractivity (Wildman–Crippen MR) is 102 cm³/mol. The van der Waals surface area contributed by atoms with Gasteiger partial charge in [0.05, 0.1) is 12.3 Å². The number of hydrogen-bond acceptors (Lipinski definition) is 5. The maximum Gasteiger partial charge on any atom is 0.251 e. The quantitative estimate of drug-likeness (QED) is 0.799. The van der Waals surface area contributed by atoms with Crippen LogP contribution in [-0.4, -0.2) is 54.0 Å². The Morgan fingerprint density at radius 2 is 2.15 bits per heavy atom. The molecule has 7 nitrogen and oxygen atoms in total. The molecule has 8 heteroatoms. The van der Waals surface area contributed by atoms with Crippen molar-refractivity contribution in [1.82, 2.24) is 25.4 Å². The van der Waals surface area contributed by atoms with E-state index in [1.165, 1.54) is 6.33 Å². The van der Waals surface area contributed by atoms with Crippen LogP contribution in [0.5, 0.6) is 0 Å². The van der Waals surface area contributed by atoms with Crippen molar-refractivity contribution >= 4 is 18.3 Å². The monoisotopic (exact) mass is 379 g/mol. The Bertz CT molecular complexity index is 709. The third-order valence-corrected chi connectivity index (χ3v) is 4.86. The summed E-state index contributed by atoms with van der Waals surface area (Å²) in [4.78, 5) is 16.5. The number of nitrogens with one attached hydrogen (secondary N) is 2. The van der Waals surface area contributed by atoms with E-state index >= 15 is 0 Å². The number of nitrogens with zero attached hydrogens (tertiary/aromatic N) is 3. The highest BCUT2D eigenvalue weighted by Crippen LogP contribution is 2.28. The number of halogens is 1. The van der Waals surface area contributed by atoms with Crippen LogP contribution >= 0.6 is 12.4 Å². The summed E-state index contributed by atoms with van der Waals surface area (Å²) in [7, 11) is 1.72. The van der Waals surface area contributed by atoms with Crippen molar-refractivity contribution in [2.75, 3.05) is 33.4 Å². The van der Waals surface area contributed by atoms with Gasteiger partial charge in [0.25, 0.3) is 5.91 Å². The van der Waals surface area contributed by atoms with Gasteiger partial charge in [-0.2, -0.15) is 5.10 Å². The van der Waals surface area contributed by atoms with E-state index in [0.29, 0.717) is 18.7 Å². The van der Waals surface area contributed by atoms with Gasteiger partial charge in [-0.1, -0.05) is 0 Å². The Morgan fingerprint density at radius 3 is 2.77 bits per heavy atom. The molecule has 2 N–H and O–H groups in total. The highest BCUT2D eigenvalue weighted by molar-refractivity contribution is 5.94. The Kier molecular flexibility index (Phi) is 7.14. The number of rotatable bonds is 6. The van der Waals surface area contributed by atoms with E-state index in [0.717, 1.165) is 37.2 Å². The number of aromatic nitrogens is 3. The van der Waals surface area contributed by atoms with Crippen molar-refractivity contribution in [3.8, 4) is 5.69 Å². The van der Waals surface area contributed by atoms with E-state index < -0.39 is 0 Å². The fourth-order valence-corrected chi connectivity index (χ4v) is 3.39. The maximum absolute atomic E-state index is 12.6. The first-order valence-corrected chi connectivity index (χ1v) is 8.57. The van der Waals surface area contributed by atoms with Gasteiger partial charge in [0.1, 0.15) is 12.7 Å². The molecule has 1 amide bonds. The second-order valence-electron chi connectivity index (χ2n) is 6.71. The van der Waals surface area contributed by atoms with Crippen LogP contribution in [0.25, 0.3) is 5.69 Å². The zero-order valence-electron chi connectivity index (χ0n) is 15.2. The molecule has 0 radical (unpaired) electrons. The number of piperidine rings is 1. The van der Waals surface area contributed by atoms with Gasteiger partial charge in [0.2, 0.25) is 0 Å². The normalized spacial score (nSPS) is 15.9. The highest BCUT2D eigenvalue weighted by atomic mass is 35.5. The van der Waals surface area contributed by atoms with Crippen molar-refractivity contribution in [3.63, 3.8) is 0 Å². The minimum atomic E-state index is -0.0535. The van der Waals surface area contributed by atoms with Crippen molar-refractivity contribution in [2.45, 2.75) is 19.8 Å². The molecule has 142 valence electrons. The van der Waals surface area contributed by atoms with Gasteiger partial charge in [-0.25, -0.2) is 9.67 Å². The predicted octanol–water partition coefficient (Wildman–Crippen LogP) is 1.74. The first-order chi connectivity index (χ1) is 12.1. The number of carbonyl (C=O) groups is 1. The summed E-state index contributed by atoms with van der Waals surface area (Å²) < 4.78 is 7.10. The number of carbonyl (C=O) groups excluding carboxylic acids is 1. The van der Waals surface area contributed by atoms with Gasteiger partial charge in [-0.15, -0.1) is 12.4 Å². The molecular weight excluding hydrogens is 354 g/mol. The van der Waals surface area contributed by atoms with Gasteiger partial charge < -0.3 is 15.4 Å².